The highest BCUT2D eigenvalue weighted by Gasteiger charge is 2.18. The number of halogens is 1. The molecule has 0 amide bonds. The molecular formula is C10H9ClOS. The van der Waals surface area contributed by atoms with Crippen molar-refractivity contribution >= 4 is 34.3 Å². The van der Waals surface area contributed by atoms with Crippen molar-refractivity contribution in [1.82, 2.24) is 0 Å². The van der Waals surface area contributed by atoms with Crippen LogP contribution in [0.4, 0.5) is 0 Å². The van der Waals surface area contributed by atoms with Gasteiger partial charge < -0.3 is 0 Å². The predicted molar refractivity (Wildman–Crippen MR) is 56.2 cm³/mol. The van der Waals surface area contributed by atoms with Gasteiger partial charge in [0.2, 0.25) is 0 Å². The Balaban J connectivity index is 2.57. The van der Waals surface area contributed by atoms with E-state index in [4.69, 9.17) is 11.6 Å². The first-order chi connectivity index (χ1) is 6.22. The summed E-state index contributed by atoms with van der Waals surface area (Å²) < 4.78 is 0. The Morgan fingerprint density at radius 3 is 3.00 bits per heavy atom. The second-order valence-electron chi connectivity index (χ2n) is 3.15. The minimum Gasteiger partial charge on any atom is -0.298 e. The highest BCUT2D eigenvalue weighted by Crippen LogP contribution is 2.37. The lowest BCUT2D eigenvalue weighted by Crippen LogP contribution is -1.99. The van der Waals surface area contributed by atoms with Crippen molar-refractivity contribution in [1.29, 1.82) is 0 Å². The van der Waals surface area contributed by atoms with E-state index in [0.29, 0.717) is 5.03 Å². The highest BCUT2D eigenvalue weighted by atomic mass is 35.5. The number of allylic oxidation sites excluding steroid dienone is 1. The van der Waals surface area contributed by atoms with Gasteiger partial charge in [0.15, 0.2) is 0 Å². The molecule has 1 nitrogen and oxygen atoms in total. The molecule has 0 aromatic carbocycles. The van der Waals surface area contributed by atoms with Gasteiger partial charge in [0.1, 0.15) is 6.29 Å². The van der Waals surface area contributed by atoms with Crippen LogP contribution in [0.5, 0.6) is 0 Å². The number of hydrogen-bond acceptors (Lipinski definition) is 2. The molecule has 0 saturated heterocycles. The van der Waals surface area contributed by atoms with Crippen LogP contribution in [0.3, 0.4) is 0 Å². The zero-order valence-electron chi connectivity index (χ0n) is 7.26. The minimum absolute atomic E-state index is 0.653. The summed E-state index contributed by atoms with van der Waals surface area (Å²) in [5.41, 5.74) is 1.81. The molecule has 1 aliphatic carbocycles. The van der Waals surface area contributed by atoms with E-state index in [1.54, 1.807) is 11.3 Å². The first-order valence-electron chi connectivity index (χ1n) is 4.16. The molecule has 1 heterocycles. The molecule has 0 spiro atoms. The normalized spacial score (nSPS) is 15.8. The topological polar surface area (TPSA) is 17.1 Å². The van der Waals surface area contributed by atoms with Crippen LogP contribution in [-0.4, -0.2) is 6.29 Å². The summed E-state index contributed by atoms with van der Waals surface area (Å²) in [4.78, 5) is 13.2. The Labute approximate surface area is 86.0 Å². The third kappa shape index (κ3) is 1.45. The lowest BCUT2D eigenvalue weighted by atomic mass is 9.99. The van der Waals surface area contributed by atoms with Gasteiger partial charge in [-0.1, -0.05) is 11.6 Å². The van der Waals surface area contributed by atoms with Crippen LogP contribution < -0.4 is 0 Å². The molecule has 0 radical (unpaired) electrons. The van der Waals surface area contributed by atoms with Crippen molar-refractivity contribution in [3.63, 3.8) is 0 Å². The van der Waals surface area contributed by atoms with Gasteiger partial charge in [-0.05, 0) is 25.8 Å². The zero-order valence-corrected chi connectivity index (χ0v) is 8.84. The summed E-state index contributed by atoms with van der Waals surface area (Å²) in [5.74, 6) is 0. The van der Waals surface area contributed by atoms with Gasteiger partial charge in [-0.25, -0.2) is 0 Å². The van der Waals surface area contributed by atoms with Gasteiger partial charge >= 0.3 is 0 Å². The zero-order chi connectivity index (χ0) is 9.42. The van der Waals surface area contributed by atoms with E-state index < -0.39 is 0 Å². The summed E-state index contributed by atoms with van der Waals surface area (Å²) in [6.45, 7) is 2.06. The summed E-state index contributed by atoms with van der Waals surface area (Å²) in [6, 6.07) is 2.06. The van der Waals surface area contributed by atoms with E-state index >= 15 is 0 Å². The van der Waals surface area contributed by atoms with Crippen molar-refractivity contribution in [2.24, 2.45) is 0 Å². The molecule has 0 fully saturated rings. The van der Waals surface area contributed by atoms with Crippen molar-refractivity contribution in [2.75, 3.05) is 0 Å². The fourth-order valence-corrected chi connectivity index (χ4v) is 2.98. The predicted octanol–water partition coefficient (Wildman–Crippen LogP) is 3.15. The molecule has 3 heteroatoms. The van der Waals surface area contributed by atoms with E-state index in [1.807, 2.05) is 0 Å². The second-order valence-corrected chi connectivity index (χ2v) is 4.87. The van der Waals surface area contributed by atoms with Crippen LogP contribution >= 0.6 is 22.9 Å². The Kier molecular flexibility index (Phi) is 2.26. The Morgan fingerprint density at radius 1 is 1.54 bits per heavy atom. The lowest BCUT2D eigenvalue weighted by molar-refractivity contribution is -0.105. The van der Waals surface area contributed by atoms with Gasteiger partial charge in [0.25, 0.3) is 0 Å². The van der Waals surface area contributed by atoms with E-state index in [0.717, 1.165) is 30.3 Å². The van der Waals surface area contributed by atoms with E-state index in [-0.39, 0.29) is 0 Å². The average Bonchev–Trinajstić information content (AvgIpc) is 2.47. The lowest BCUT2D eigenvalue weighted by Gasteiger charge is -2.11. The highest BCUT2D eigenvalue weighted by molar-refractivity contribution is 7.12. The van der Waals surface area contributed by atoms with Crippen molar-refractivity contribution < 1.29 is 4.79 Å². The molecule has 0 atom stereocenters. The van der Waals surface area contributed by atoms with Gasteiger partial charge in [0, 0.05) is 20.9 Å². The Hall–Kier alpha value is -0.600. The van der Waals surface area contributed by atoms with Crippen LogP contribution in [0.2, 0.25) is 0 Å². The molecular weight excluding hydrogens is 204 g/mol. The third-order valence-corrected chi connectivity index (χ3v) is 3.77. The molecule has 1 aromatic rings. The number of hydrogen-bond donors (Lipinski definition) is 0. The van der Waals surface area contributed by atoms with Crippen LogP contribution in [0.1, 0.15) is 21.7 Å². The van der Waals surface area contributed by atoms with Crippen molar-refractivity contribution in [3.05, 3.63) is 27.0 Å². The maximum absolute atomic E-state index is 10.6. The van der Waals surface area contributed by atoms with E-state index in [9.17, 15) is 4.79 Å². The van der Waals surface area contributed by atoms with E-state index in [1.165, 1.54) is 9.75 Å². The SMILES string of the molecule is Cc1cc2c(s1)CCC(C=O)=C2Cl. The molecule has 1 aromatic heterocycles. The summed E-state index contributed by atoms with van der Waals surface area (Å²) in [5, 5.41) is 0.653. The molecule has 0 N–H and O–H groups in total. The number of thiophene rings is 1. The number of aldehydes is 1. The monoisotopic (exact) mass is 212 g/mol. The average molecular weight is 213 g/mol. The molecule has 0 aliphatic heterocycles. The molecule has 0 bridgehead atoms. The first-order valence-corrected chi connectivity index (χ1v) is 5.35. The van der Waals surface area contributed by atoms with Crippen molar-refractivity contribution in [2.45, 2.75) is 19.8 Å². The number of carbonyl (C=O) groups is 1. The van der Waals surface area contributed by atoms with Crippen LogP contribution in [0.15, 0.2) is 11.6 Å². The van der Waals surface area contributed by atoms with Crippen LogP contribution in [0.25, 0.3) is 5.03 Å². The van der Waals surface area contributed by atoms with Crippen LogP contribution in [0, 0.1) is 6.92 Å². The van der Waals surface area contributed by atoms with E-state index in [2.05, 4.69) is 13.0 Å². The number of carbonyl (C=O) groups excluding carboxylic acids is 1. The number of rotatable bonds is 1. The quantitative estimate of drug-likeness (QED) is 0.654. The number of aryl methyl sites for hydroxylation is 2. The van der Waals surface area contributed by atoms with Gasteiger partial charge in [-0.15, -0.1) is 11.3 Å². The first kappa shape index (κ1) is 8.97. The number of fused-ring (bicyclic) bond motifs is 1. The van der Waals surface area contributed by atoms with Gasteiger partial charge in [-0.3, -0.25) is 4.79 Å². The molecule has 1 aliphatic rings. The summed E-state index contributed by atoms with van der Waals surface area (Å²) >= 11 is 7.85. The summed E-state index contributed by atoms with van der Waals surface area (Å²) in [6.07, 6.45) is 2.62. The smallest absolute Gasteiger partial charge is 0.147 e. The largest absolute Gasteiger partial charge is 0.298 e. The molecule has 0 saturated carbocycles. The van der Waals surface area contributed by atoms with Gasteiger partial charge in [-0.2, -0.15) is 0 Å². The fourth-order valence-electron chi connectivity index (χ4n) is 1.58. The maximum atomic E-state index is 10.6. The fraction of sp³-hybridized carbons (Fsp3) is 0.300. The minimum atomic E-state index is 0.653. The molecule has 13 heavy (non-hydrogen) atoms. The second kappa shape index (κ2) is 3.28. The molecule has 2 rings (SSSR count). The standard InChI is InChI=1S/C10H9ClOS/c1-6-4-8-9(13-6)3-2-7(5-12)10(8)11/h4-5H,2-3H2,1H3. The van der Waals surface area contributed by atoms with Gasteiger partial charge in [0.05, 0.1) is 5.03 Å². The summed E-state index contributed by atoms with van der Waals surface area (Å²) in [7, 11) is 0. The Bertz CT molecular complexity index is 390. The molecule has 68 valence electrons. The van der Waals surface area contributed by atoms with Crippen LogP contribution in [-0.2, 0) is 11.2 Å². The molecule has 0 unspecified atom stereocenters. The maximum Gasteiger partial charge on any atom is 0.147 e. The third-order valence-electron chi connectivity index (χ3n) is 2.21. The Morgan fingerprint density at radius 2 is 2.31 bits per heavy atom. The van der Waals surface area contributed by atoms with Crippen molar-refractivity contribution in [3.8, 4) is 0 Å².